The number of benzene rings is 1. The first-order chi connectivity index (χ1) is 9.61. The molecular weight excluding hydrogens is 250 g/mol. The Hall–Kier alpha value is -1.39. The minimum absolute atomic E-state index is 0.153. The Morgan fingerprint density at radius 2 is 2.00 bits per heavy atom. The molecule has 4 nitrogen and oxygen atoms in total. The van der Waals surface area contributed by atoms with Gasteiger partial charge in [-0.15, -0.1) is 0 Å². The van der Waals surface area contributed by atoms with Gasteiger partial charge >= 0.3 is 0 Å². The number of nitrogens with zero attached hydrogens (tertiary/aromatic N) is 1. The Morgan fingerprint density at radius 1 is 1.35 bits per heavy atom. The Morgan fingerprint density at radius 3 is 2.45 bits per heavy atom. The van der Waals surface area contributed by atoms with E-state index < -0.39 is 0 Å². The van der Waals surface area contributed by atoms with Crippen LogP contribution in [0.5, 0.6) is 0 Å². The Balaban J connectivity index is 1.96. The summed E-state index contributed by atoms with van der Waals surface area (Å²) in [5.41, 5.74) is 2.59. The second kappa shape index (κ2) is 6.86. The zero-order valence-corrected chi connectivity index (χ0v) is 12.6. The topological polar surface area (TPSA) is 44.4 Å². The molecule has 20 heavy (non-hydrogen) atoms. The molecule has 1 aliphatic rings. The van der Waals surface area contributed by atoms with Crippen LogP contribution in [0.1, 0.15) is 24.1 Å². The Bertz CT molecular complexity index is 438. The van der Waals surface area contributed by atoms with Gasteiger partial charge in [-0.1, -0.05) is 31.2 Å². The van der Waals surface area contributed by atoms with Crippen LogP contribution in [0.2, 0.25) is 0 Å². The highest BCUT2D eigenvalue weighted by Crippen LogP contribution is 2.18. The summed E-state index contributed by atoms with van der Waals surface area (Å²) in [4.78, 5) is 14.1. The average Bonchev–Trinajstić information content (AvgIpc) is 2.37. The third-order valence-electron chi connectivity index (χ3n) is 4.02. The van der Waals surface area contributed by atoms with E-state index in [4.69, 9.17) is 0 Å². The zero-order chi connectivity index (χ0) is 14.5. The van der Waals surface area contributed by atoms with E-state index in [1.807, 2.05) is 0 Å². The first-order valence-corrected chi connectivity index (χ1v) is 7.35. The van der Waals surface area contributed by atoms with Crippen LogP contribution in [0.15, 0.2) is 24.3 Å². The number of hydrogen-bond acceptors (Lipinski definition) is 3. The van der Waals surface area contributed by atoms with Gasteiger partial charge in [0.25, 0.3) is 0 Å². The van der Waals surface area contributed by atoms with E-state index in [-0.39, 0.29) is 17.9 Å². The molecule has 0 radical (unpaired) electrons. The van der Waals surface area contributed by atoms with Crippen LogP contribution in [0.25, 0.3) is 0 Å². The molecular formula is C16H25N3O. The van der Waals surface area contributed by atoms with E-state index >= 15 is 0 Å². The van der Waals surface area contributed by atoms with E-state index in [1.165, 1.54) is 11.1 Å². The van der Waals surface area contributed by atoms with Gasteiger partial charge in [-0.2, -0.15) is 0 Å². The summed E-state index contributed by atoms with van der Waals surface area (Å²) < 4.78 is 0. The number of aryl methyl sites for hydroxylation is 1. The molecule has 1 fully saturated rings. The molecule has 0 bridgehead atoms. The predicted molar refractivity (Wildman–Crippen MR) is 81.6 cm³/mol. The van der Waals surface area contributed by atoms with E-state index in [0.717, 1.165) is 19.5 Å². The molecule has 4 heteroatoms. The van der Waals surface area contributed by atoms with Crippen LogP contribution in [0.3, 0.4) is 0 Å². The van der Waals surface area contributed by atoms with Crippen molar-refractivity contribution in [2.45, 2.75) is 19.4 Å². The molecule has 1 heterocycles. The van der Waals surface area contributed by atoms with Crippen molar-refractivity contribution in [1.29, 1.82) is 0 Å². The second-order valence-corrected chi connectivity index (χ2v) is 5.67. The van der Waals surface area contributed by atoms with Gasteiger partial charge in [0.2, 0.25) is 5.91 Å². The van der Waals surface area contributed by atoms with Gasteiger partial charge in [-0.05, 0) is 31.6 Å². The lowest BCUT2D eigenvalue weighted by molar-refractivity contribution is -0.126. The van der Waals surface area contributed by atoms with Crippen LogP contribution >= 0.6 is 0 Å². The van der Waals surface area contributed by atoms with E-state index in [9.17, 15) is 4.79 Å². The smallest absolute Gasteiger partial charge is 0.225 e. The number of likely N-dealkylation sites (N-methyl/N-ethyl adjacent to an activating group) is 1. The third kappa shape index (κ3) is 3.58. The predicted octanol–water partition coefficient (Wildman–Crippen LogP) is 1.19. The van der Waals surface area contributed by atoms with Crippen molar-refractivity contribution in [3.8, 4) is 0 Å². The number of nitrogens with one attached hydrogen (secondary N) is 2. The molecule has 2 N–H and O–H groups in total. The number of rotatable bonds is 6. The summed E-state index contributed by atoms with van der Waals surface area (Å²) in [6.45, 7) is 4.44. The summed E-state index contributed by atoms with van der Waals surface area (Å²) in [5.74, 6) is 0.320. The monoisotopic (exact) mass is 275 g/mol. The molecule has 2 rings (SSSR count). The lowest BCUT2D eigenvalue weighted by atomic mass is 10.0. The van der Waals surface area contributed by atoms with Gasteiger partial charge in [0.1, 0.15) is 0 Å². The molecule has 0 spiro atoms. The largest absolute Gasteiger partial charge is 0.354 e. The van der Waals surface area contributed by atoms with Gasteiger partial charge in [-0.3, -0.25) is 4.79 Å². The first-order valence-electron chi connectivity index (χ1n) is 7.35. The molecule has 1 aromatic rings. The molecule has 1 aliphatic heterocycles. The molecule has 0 saturated carbocycles. The summed E-state index contributed by atoms with van der Waals surface area (Å²) in [5, 5.41) is 6.20. The molecule has 0 aromatic heterocycles. The van der Waals surface area contributed by atoms with Crippen LogP contribution in [-0.4, -0.2) is 44.5 Å². The normalized spacial score (nSPS) is 16.8. The molecule has 1 aromatic carbocycles. The van der Waals surface area contributed by atoms with E-state index in [1.54, 1.807) is 0 Å². The fraction of sp³-hybridized carbons (Fsp3) is 0.562. The van der Waals surface area contributed by atoms with Gasteiger partial charge in [0.05, 0.1) is 12.0 Å². The van der Waals surface area contributed by atoms with Gasteiger partial charge < -0.3 is 15.5 Å². The van der Waals surface area contributed by atoms with Crippen molar-refractivity contribution in [3.05, 3.63) is 35.4 Å². The lowest BCUT2D eigenvalue weighted by Gasteiger charge is -2.29. The third-order valence-corrected chi connectivity index (χ3v) is 4.02. The van der Waals surface area contributed by atoms with Crippen LogP contribution in [-0.2, 0) is 11.2 Å². The van der Waals surface area contributed by atoms with Crippen LogP contribution in [0.4, 0.5) is 0 Å². The molecule has 1 amide bonds. The maximum atomic E-state index is 11.9. The van der Waals surface area contributed by atoms with E-state index in [0.29, 0.717) is 6.54 Å². The SMILES string of the molecule is CCc1ccc(C(CNC(=O)C2CNC2)N(C)C)cc1. The van der Waals surface area contributed by atoms with Crippen molar-refractivity contribution in [1.82, 2.24) is 15.5 Å². The second-order valence-electron chi connectivity index (χ2n) is 5.67. The minimum atomic E-state index is 0.153. The fourth-order valence-corrected chi connectivity index (χ4v) is 2.39. The highest BCUT2D eigenvalue weighted by Gasteiger charge is 2.25. The lowest BCUT2D eigenvalue weighted by Crippen LogP contribution is -2.51. The standard InChI is InChI=1S/C16H25N3O/c1-4-12-5-7-13(8-6-12)15(19(2)3)11-18-16(20)14-9-17-10-14/h5-8,14-15,17H,4,9-11H2,1-3H3,(H,18,20). The maximum Gasteiger partial charge on any atom is 0.225 e. The van der Waals surface area contributed by atoms with Crippen molar-refractivity contribution in [2.75, 3.05) is 33.7 Å². The number of hydrogen-bond donors (Lipinski definition) is 2. The maximum absolute atomic E-state index is 11.9. The van der Waals surface area contributed by atoms with Crippen molar-refractivity contribution < 1.29 is 4.79 Å². The summed E-state index contributed by atoms with van der Waals surface area (Å²) >= 11 is 0. The van der Waals surface area contributed by atoms with Gasteiger partial charge in [0, 0.05) is 19.6 Å². The van der Waals surface area contributed by atoms with Crippen LogP contribution < -0.4 is 10.6 Å². The Labute approximate surface area is 121 Å². The molecule has 1 atom stereocenters. The number of carbonyl (C=O) groups is 1. The summed E-state index contributed by atoms with van der Waals surface area (Å²) in [6.07, 6.45) is 1.05. The Kier molecular flexibility index (Phi) is 5.15. The van der Waals surface area contributed by atoms with Gasteiger partial charge in [0.15, 0.2) is 0 Å². The molecule has 1 unspecified atom stereocenters. The summed E-state index contributed by atoms with van der Waals surface area (Å²) in [7, 11) is 4.10. The zero-order valence-electron chi connectivity index (χ0n) is 12.6. The van der Waals surface area contributed by atoms with Crippen LogP contribution in [0, 0.1) is 5.92 Å². The average molecular weight is 275 g/mol. The molecule has 0 aliphatic carbocycles. The molecule has 1 saturated heterocycles. The van der Waals surface area contributed by atoms with Crippen molar-refractivity contribution in [3.63, 3.8) is 0 Å². The quantitative estimate of drug-likeness (QED) is 0.819. The summed E-state index contributed by atoms with van der Waals surface area (Å²) in [6, 6.07) is 8.89. The minimum Gasteiger partial charge on any atom is -0.354 e. The van der Waals surface area contributed by atoms with Crippen molar-refractivity contribution in [2.24, 2.45) is 5.92 Å². The van der Waals surface area contributed by atoms with Crippen molar-refractivity contribution >= 4 is 5.91 Å². The van der Waals surface area contributed by atoms with E-state index in [2.05, 4.69) is 60.8 Å². The highest BCUT2D eigenvalue weighted by atomic mass is 16.2. The highest BCUT2D eigenvalue weighted by molar-refractivity contribution is 5.80. The first kappa shape index (κ1) is 15.0. The molecule has 110 valence electrons. The van der Waals surface area contributed by atoms with Gasteiger partial charge in [-0.25, -0.2) is 0 Å². The fourth-order valence-electron chi connectivity index (χ4n) is 2.39. The number of carbonyl (C=O) groups excluding carboxylic acids is 1. The number of amides is 1.